The van der Waals surface area contributed by atoms with Crippen molar-refractivity contribution in [3.8, 4) is 0 Å². The Bertz CT molecular complexity index is 881. The lowest BCUT2D eigenvalue weighted by Gasteiger charge is -2.33. The lowest BCUT2D eigenvalue weighted by molar-refractivity contribution is 0.101. The van der Waals surface area contributed by atoms with Crippen LogP contribution in [0.3, 0.4) is 0 Å². The number of piperidine rings is 1. The van der Waals surface area contributed by atoms with E-state index in [1.165, 1.54) is 16.8 Å². The second-order valence-electron chi connectivity index (χ2n) is 6.66. The second-order valence-corrected chi connectivity index (χ2v) is 6.66. The molecule has 1 fully saturated rings. The zero-order chi connectivity index (χ0) is 18.3. The van der Waals surface area contributed by atoms with E-state index in [0.29, 0.717) is 12.1 Å². The Morgan fingerprint density at radius 2 is 2.27 bits per heavy atom. The number of nitrogens with zero attached hydrogens (tertiary/aromatic N) is 4. The summed E-state index contributed by atoms with van der Waals surface area (Å²) in [5.41, 5.74) is 2.01. The first-order chi connectivity index (χ1) is 12.5. The molecule has 1 amide bonds. The van der Waals surface area contributed by atoms with Crippen LogP contribution in [0, 0.1) is 5.82 Å². The van der Waals surface area contributed by atoms with Gasteiger partial charge >= 0.3 is 6.09 Å². The summed E-state index contributed by atoms with van der Waals surface area (Å²) in [6.45, 7) is 0.0531. The summed E-state index contributed by atoms with van der Waals surface area (Å²) in [6.07, 6.45) is 4.15. The number of nitrogens with one attached hydrogen (secondary N) is 1. The SMILES string of the molecule is O=C(O)N1CC[C@@H](Nc2ncc3c(F)cc(C4=CCCC4)n3n2)[C@H](F)C1. The second kappa shape index (κ2) is 6.54. The fourth-order valence-corrected chi connectivity index (χ4v) is 3.56. The third-order valence-electron chi connectivity index (χ3n) is 4.96. The van der Waals surface area contributed by atoms with E-state index in [4.69, 9.17) is 5.11 Å². The van der Waals surface area contributed by atoms with Gasteiger partial charge in [0, 0.05) is 12.6 Å². The highest BCUT2D eigenvalue weighted by molar-refractivity contribution is 5.69. The zero-order valence-corrected chi connectivity index (χ0v) is 14.0. The Morgan fingerprint density at radius 1 is 1.42 bits per heavy atom. The summed E-state index contributed by atoms with van der Waals surface area (Å²) in [7, 11) is 0. The molecule has 0 saturated carbocycles. The summed E-state index contributed by atoms with van der Waals surface area (Å²) < 4.78 is 30.0. The molecule has 1 saturated heterocycles. The molecule has 0 radical (unpaired) electrons. The fraction of sp³-hybridized carbons (Fsp3) is 0.471. The molecule has 2 aliphatic rings. The van der Waals surface area contributed by atoms with Crippen LogP contribution in [0.5, 0.6) is 0 Å². The average molecular weight is 363 g/mol. The molecule has 2 aromatic rings. The van der Waals surface area contributed by atoms with E-state index in [2.05, 4.69) is 21.5 Å². The minimum atomic E-state index is -1.36. The van der Waals surface area contributed by atoms with Gasteiger partial charge in [-0.05, 0) is 31.3 Å². The quantitative estimate of drug-likeness (QED) is 0.876. The Balaban J connectivity index is 1.58. The Hall–Kier alpha value is -2.71. The number of amides is 1. The third kappa shape index (κ3) is 2.97. The molecule has 1 aliphatic carbocycles. The maximum atomic E-state index is 14.3. The highest BCUT2D eigenvalue weighted by Crippen LogP contribution is 2.30. The maximum absolute atomic E-state index is 14.3. The first-order valence-corrected chi connectivity index (χ1v) is 8.65. The van der Waals surface area contributed by atoms with E-state index >= 15 is 0 Å². The van der Waals surface area contributed by atoms with Crippen LogP contribution < -0.4 is 5.32 Å². The monoisotopic (exact) mass is 363 g/mol. The van der Waals surface area contributed by atoms with Crippen molar-refractivity contribution in [3.63, 3.8) is 0 Å². The van der Waals surface area contributed by atoms with Crippen LogP contribution in [0.1, 0.15) is 31.4 Å². The smallest absolute Gasteiger partial charge is 0.407 e. The van der Waals surface area contributed by atoms with Crippen LogP contribution in [0.25, 0.3) is 11.1 Å². The van der Waals surface area contributed by atoms with Gasteiger partial charge in [0.15, 0.2) is 5.82 Å². The number of allylic oxidation sites excluding steroid dienone is 2. The standard InChI is InChI=1S/C17H19F2N5O2/c18-11-7-14(10-3-1-2-4-10)24-15(11)8-20-16(22-24)21-13-5-6-23(17(25)26)9-12(13)19/h3,7-8,12-13H,1-2,4-6,9H2,(H,21,22)(H,25,26)/t12-,13-/m1/s1. The molecule has 0 aromatic carbocycles. The molecular formula is C17H19F2N5O2. The summed E-state index contributed by atoms with van der Waals surface area (Å²) >= 11 is 0. The van der Waals surface area contributed by atoms with E-state index in [0.717, 1.165) is 29.7 Å². The number of aromatic nitrogens is 3. The van der Waals surface area contributed by atoms with Gasteiger partial charge < -0.3 is 15.3 Å². The summed E-state index contributed by atoms with van der Waals surface area (Å²) in [5.74, 6) is -0.193. The van der Waals surface area contributed by atoms with Crippen LogP contribution in [0.4, 0.5) is 19.5 Å². The number of likely N-dealkylation sites (tertiary alicyclic amines) is 1. The molecule has 0 bridgehead atoms. The molecule has 3 heterocycles. The molecule has 2 N–H and O–H groups in total. The lowest BCUT2D eigenvalue weighted by atomic mass is 10.0. The van der Waals surface area contributed by atoms with Crippen molar-refractivity contribution in [2.45, 2.75) is 37.9 Å². The van der Waals surface area contributed by atoms with Crippen molar-refractivity contribution in [2.24, 2.45) is 0 Å². The van der Waals surface area contributed by atoms with Gasteiger partial charge in [-0.3, -0.25) is 0 Å². The number of hydrogen-bond acceptors (Lipinski definition) is 4. The van der Waals surface area contributed by atoms with Crippen molar-refractivity contribution in [3.05, 3.63) is 29.9 Å². The molecule has 0 unspecified atom stereocenters. The maximum Gasteiger partial charge on any atom is 0.407 e. The van der Waals surface area contributed by atoms with Crippen molar-refractivity contribution in [1.29, 1.82) is 0 Å². The van der Waals surface area contributed by atoms with Gasteiger partial charge in [0.25, 0.3) is 0 Å². The first kappa shape index (κ1) is 16.7. The van der Waals surface area contributed by atoms with Gasteiger partial charge in [0.1, 0.15) is 11.7 Å². The van der Waals surface area contributed by atoms with Crippen LogP contribution in [0.2, 0.25) is 0 Å². The molecule has 9 heteroatoms. The number of alkyl halides is 1. The molecule has 26 heavy (non-hydrogen) atoms. The van der Waals surface area contributed by atoms with Crippen LogP contribution in [-0.4, -0.2) is 56.0 Å². The van der Waals surface area contributed by atoms with Gasteiger partial charge in [-0.25, -0.2) is 23.1 Å². The van der Waals surface area contributed by atoms with Gasteiger partial charge in [-0.15, -0.1) is 5.10 Å². The molecule has 1 aliphatic heterocycles. The van der Waals surface area contributed by atoms with Crippen molar-refractivity contribution in [2.75, 3.05) is 18.4 Å². The minimum Gasteiger partial charge on any atom is -0.465 e. The number of carboxylic acid groups (broad SMARTS) is 1. The number of fused-ring (bicyclic) bond motifs is 1. The van der Waals surface area contributed by atoms with Gasteiger partial charge in [0.05, 0.1) is 24.5 Å². The molecule has 2 atom stereocenters. The van der Waals surface area contributed by atoms with Gasteiger partial charge in [0.2, 0.25) is 5.95 Å². The summed E-state index contributed by atoms with van der Waals surface area (Å²) in [6, 6.07) is 0.867. The number of carbonyl (C=O) groups is 1. The Labute approximate surface area is 148 Å². The van der Waals surface area contributed by atoms with Crippen molar-refractivity contribution < 1.29 is 18.7 Å². The average Bonchev–Trinajstić information content (AvgIpc) is 3.25. The fourth-order valence-electron chi connectivity index (χ4n) is 3.56. The highest BCUT2D eigenvalue weighted by atomic mass is 19.1. The third-order valence-corrected chi connectivity index (χ3v) is 4.96. The molecule has 138 valence electrons. The Morgan fingerprint density at radius 3 is 2.96 bits per heavy atom. The van der Waals surface area contributed by atoms with E-state index in [1.807, 2.05) is 0 Å². The van der Waals surface area contributed by atoms with Crippen LogP contribution >= 0.6 is 0 Å². The zero-order valence-electron chi connectivity index (χ0n) is 14.0. The lowest BCUT2D eigenvalue weighted by Crippen LogP contribution is -2.49. The molecular weight excluding hydrogens is 344 g/mol. The molecule has 2 aromatic heterocycles. The summed E-state index contributed by atoms with van der Waals surface area (Å²) in [4.78, 5) is 16.1. The van der Waals surface area contributed by atoms with Gasteiger partial charge in [-0.1, -0.05) is 6.08 Å². The van der Waals surface area contributed by atoms with Gasteiger partial charge in [-0.2, -0.15) is 0 Å². The highest BCUT2D eigenvalue weighted by Gasteiger charge is 2.32. The van der Waals surface area contributed by atoms with Crippen molar-refractivity contribution >= 4 is 23.1 Å². The predicted octanol–water partition coefficient (Wildman–Crippen LogP) is 2.94. The molecule has 0 spiro atoms. The van der Waals surface area contributed by atoms with E-state index < -0.39 is 24.1 Å². The largest absolute Gasteiger partial charge is 0.465 e. The topological polar surface area (TPSA) is 82.8 Å². The number of anilines is 1. The molecule has 4 rings (SSSR count). The number of halogens is 2. The van der Waals surface area contributed by atoms with E-state index in [1.54, 1.807) is 0 Å². The molecule has 7 nitrogen and oxygen atoms in total. The number of rotatable bonds is 3. The van der Waals surface area contributed by atoms with E-state index in [-0.39, 0.29) is 24.6 Å². The van der Waals surface area contributed by atoms with Crippen molar-refractivity contribution in [1.82, 2.24) is 19.5 Å². The van der Waals surface area contributed by atoms with Crippen LogP contribution in [-0.2, 0) is 0 Å². The van der Waals surface area contributed by atoms with E-state index in [9.17, 15) is 13.6 Å². The predicted molar refractivity (Wildman–Crippen MR) is 91.3 cm³/mol. The Kier molecular flexibility index (Phi) is 4.21. The summed E-state index contributed by atoms with van der Waals surface area (Å²) in [5, 5.41) is 16.2. The number of hydrogen-bond donors (Lipinski definition) is 2. The minimum absolute atomic E-state index is 0.189. The normalized spacial score (nSPS) is 23.3. The first-order valence-electron chi connectivity index (χ1n) is 8.65. The van der Waals surface area contributed by atoms with Crippen LogP contribution in [0.15, 0.2) is 18.3 Å².